The van der Waals surface area contributed by atoms with Gasteiger partial charge in [0.05, 0.1) is 6.26 Å². The highest BCUT2D eigenvalue weighted by molar-refractivity contribution is 5.81. The van der Waals surface area contributed by atoms with Gasteiger partial charge in [-0.15, -0.1) is 0 Å². The first kappa shape index (κ1) is 11.2. The SMILES string of the molecule is CCCCC(NC)c1coc2ccccc12. The van der Waals surface area contributed by atoms with Gasteiger partial charge in [-0.05, 0) is 19.5 Å². The van der Waals surface area contributed by atoms with Crippen LogP contribution in [0.15, 0.2) is 34.9 Å². The normalized spacial score (nSPS) is 13.1. The second-order valence-electron chi connectivity index (χ2n) is 4.17. The molecular formula is C14H19NO. The molecule has 1 aromatic heterocycles. The van der Waals surface area contributed by atoms with Crippen LogP contribution >= 0.6 is 0 Å². The summed E-state index contributed by atoms with van der Waals surface area (Å²) in [6, 6.07) is 8.63. The molecule has 0 aliphatic carbocycles. The first-order valence-corrected chi connectivity index (χ1v) is 6.00. The van der Waals surface area contributed by atoms with Crippen molar-refractivity contribution >= 4 is 11.0 Å². The van der Waals surface area contributed by atoms with Crippen molar-refractivity contribution < 1.29 is 4.42 Å². The zero-order chi connectivity index (χ0) is 11.4. The van der Waals surface area contributed by atoms with Crippen LogP contribution in [0.2, 0.25) is 0 Å². The van der Waals surface area contributed by atoms with Crippen molar-refractivity contribution in [3.8, 4) is 0 Å². The van der Waals surface area contributed by atoms with Crippen LogP contribution in [-0.4, -0.2) is 7.05 Å². The fraction of sp³-hybridized carbons (Fsp3) is 0.429. The Hall–Kier alpha value is -1.28. The third-order valence-corrected chi connectivity index (χ3v) is 3.08. The van der Waals surface area contributed by atoms with Crippen LogP contribution < -0.4 is 5.32 Å². The highest BCUT2D eigenvalue weighted by Crippen LogP contribution is 2.28. The molecule has 0 fully saturated rings. The summed E-state index contributed by atoms with van der Waals surface area (Å²) in [5.74, 6) is 0. The molecular weight excluding hydrogens is 198 g/mol. The molecule has 0 aliphatic rings. The van der Waals surface area contributed by atoms with E-state index in [-0.39, 0.29) is 0 Å². The van der Waals surface area contributed by atoms with Crippen LogP contribution in [0.3, 0.4) is 0 Å². The van der Waals surface area contributed by atoms with E-state index in [1.54, 1.807) is 0 Å². The van der Waals surface area contributed by atoms with Crippen molar-refractivity contribution in [1.29, 1.82) is 0 Å². The van der Waals surface area contributed by atoms with E-state index in [0.29, 0.717) is 6.04 Å². The smallest absolute Gasteiger partial charge is 0.134 e. The van der Waals surface area contributed by atoms with Crippen molar-refractivity contribution in [2.45, 2.75) is 32.2 Å². The van der Waals surface area contributed by atoms with E-state index in [9.17, 15) is 0 Å². The Balaban J connectivity index is 2.30. The minimum absolute atomic E-state index is 0.406. The van der Waals surface area contributed by atoms with Gasteiger partial charge in [0.25, 0.3) is 0 Å². The fourth-order valence-corrected chi connectivity index (χ4v) is 2.13. The van der Waals surface area contributed by atoms with Crippen molar-refractivity contribution in [2.24, 2.45) is 0 Å². The van der Waals surface area contributed by atoms with Crippen LogP contribution in [-0.2, 0) is 0 Å². The number of unbranched alkanes of at least 4 members (excludes halogenated alkanes) is 1. The molecule has 2 rings (SSSR count). The molecule has 2 aromatic rings. The molecule has 2 nitrogen and oxygen atoms in total. The van der Waals surface area contributed by atoms with Gasteiger partial charge in [0, 0.05) is 17.0 Å². The molecule has 16 heavy (non-hydrogen) atoms. The Bertz CT molecular complexity index is 447. The maximum atomic E-state index is 5.57. The molecule has 1 N–H and O–H groups in total. The lowest BCUT2D eigenvalue weighted by Crippen LogP contribution is -2.15. The second-order valence-corrected chi connectivity index (χ2v) is 4.17. The first-order chi connectivity index (χ1) is 7.86. The molecule has 0 saturated heterocycles. The predicted octanol–water partition coefficient (Wildman–Crippen LogP) is 3.88. The van der Waals surface area contributed by atoms with Crippen LogP contribution in [0.5, 0.6) is 0 Å². The monoisotopic (exact) mass is 217 g/mol. The molecule has 0 amide bonds. The summed E-state index contributed by atoms with van der Waals surface area (Å²) < 4.78 is 5.57. The summed E-state index contributed by atoms with van der Waals surface area (Å²) in [4.78, 5) is 0. The lowest BCUT2D eigenvalue weighted by atomic mass is 10.0. The highest BCUT2D eigenvalue weighted by Gasteiger charge is 2.14. The Labute approximate surface area is 96.6 Å². The lowest BCUT2D eigenvalue weighted by molar-refractivity contribution is 0.513. The Morgan fingerprint density at radius 1 is 1.31 bits per heavy atom. The lowest BCUT2D eigenvalue weighted by Gasteiger charge is -2.14. The summed E-state index contributed by atoms with van der Waals surface area (Å²) in [5.41, 5.74) is 2.26. The van der Waals surface area contributed by atoms with Crippen LogP contribution in [0.4, 0.5) is 0 Å². The first-order valence-electron chi connectivity index (χ1n) is 6.00. The van der Waals surface area contributed by atoms with Crippen molar-refractivity contribution in [3.63, 3.8) is 0 Å². The van der Waals surface area contributed by atoms with Gasteiger partial charge < -0.3 is 9.73 Å². The van der Waals surface area contributed by atoms with E-state index in [2.05, 4.69) is 24.4 Å². The van der Waals surface area contributed by atoms with Gasteiger partial charge in [0.2, 0.25) is 0 Å². The van der Waals surface area contributed by atoms with E-state index < -0.39 is 0 Å². The van der Waals surface area contributed by atoms with Crippen LogP contribution in [0, 0.1) is 0 Å². The predicted molar refractivity (Wildman–Crippen MR) is 67.5 cm³/mol. The molecule has 1 atom stereocenters. The van der Waals surface area contributed by atoms with Gasteiger partial charge in [-0.1, -0.05) is 38.0 Å². The molecule has 1 unspecified atom stereocenters. The Kier molecular flexibility index (Phi) is 3.62. The van der Waals surface area contributed by atoms with E-state index in [1.807, 2.05) is 25.4 Å². The van der Waals surface area contributed by atoms with Crippen molar-refractivity contribution in [2.75, 3.05) is 7.05 Å². The highest BCUT2D eigenvalue weighted by atomic mass is 16.3. The summed E-state index contributed by atoms with van der Waals surface area (Å²) in [7, 11) is 2.02. The van der Waals surface area contributed by atoms with Gasteiger partial charge in [0.1, 0.15) is 5.58 Å². The van der Waals surface area contributed by atoms with E-state index >= 15 is 0 Å². The van der Waals surface area contributed by atoms with Crippen molar-refractivity contribution in [1.82, 2.24) is 5.32 Å². The number of hydrogen-bond donors (Lipinski definition) is 1. The minimum atomic E-state index is 0.406. The van der Waals surface area contributed by atoms with E-state index in [0.717, 1.165) is 12.0 Å². The topological polar surface area (TPSA) is 25.2 Å². The summed E-state index contributed by atoms with van der Waals surface area (Å²) in [5, 5.41) is 4.61. The molecule has 0 radical (unpaired) electrons. The number of hydrogen-bond acceptors (Lipinski definition) is 2. The molecule has 1 heterocycles. The fourth-order valence-electron chi connectivity index (χ4n) is 2.13. The van der Waals surface area contributed by atoms with Gasteiger partial charge in [-0.3, -0.25) is 0 Å². The van der Waals surface area contributed by atoms with E-state index in [4.69, 9.17) is 4.42 Å². The van der Waals surface area contributed by atoms with Crippen LogP contribution in [0.25, 0.3) is 11.0 Å². The summed E-state index contributed by atoms with van der Waals surface area (Å²) in [6.45, 7) is 2.22. The Morgan fingerprint density at radius 2 is 2.12 bits per heavy atom. The maximum Gasteiger partial charge on any atom is 0.134 e. The quantitative estimate of drug-likeness (QED) is 0.822. The molecule has 0 spiro atoms. The van der Waals surface area contributed by atoms with Crippen LogP contribution in [0.1, 0.15) is 37.8 Å². The largest absolute Gasteiger partial charge is 0.464 e. The van der Waals surface area contributed by atoms with Crippen molar-refractivity contribution in [3.05, 3.63) is 36.1 Å². The average molecular weight is 217 g/mol. The van der Waals surface area contributed by atoms with Gasteiger partial charge in [-0.2, -0.15) is 0 Å². The van der Waals surface area contributed by atoms with Gasteiger partial charge in [-0.25, -0.2) is 0 Å². The molecule has 0 saturated carbocycles. The Morgan fingerprint density at radius 3 is 2.88 bits per heavy atom. The molecule has 1 aromatic carbocycles. The maximum absolute atomic E-state index is 5.57. The number of fused-ring (bicyclic) bond motifs is 1. The average Bonchev–Trinajstić information content (AvgIpc) is 2.75. The number of rotatable bonds is 5. The number of furan rings is 1. The minimum Gasteiger partial charge on any atom is -0.464 e. The molecule has 0 bridgehead atoms. The number of benzene rings is 1. The summed E-state index contributed by atoms with van der Waals surface area (Å²) in [6.07, 6.45) is 5.52. The summed E-state index contributed by atoms with van der Waals surface area (Å²) >= 11 is 0. The molecule has 2 heteroatoms. The zero-order valence-electron chi connectivity index (χ0n) is 9.99. The van der Waals surface area contributed by atoms with Gasteiger partial charge >= 0.3 is 0 Å². The molecule has 86 valence electrons. The standard InChI is InChI=1S/C14H19NO/c1-3-4-8-13(15-2)12-10-16-14-9-6-5-7-11(12)14/h5-7,9-10,13,15H,3-4,8H2,1-2H3. The number of para-hydroxylation sites is 1. The van der Waals surface area contributed by atoms with Gasteiger partial charge in [0.15, 0.2) is 0 Å². The zero-order valence-corrected chi connectivity index (χ0v) is 9.99. The van der Waals surface area contributed by atoms with E-state index in [1.165, 1.54) is 23.8 Å². The number of nitrogens with one attached hydrogen (secondary N) is 1. The third kappa shape index (κ3) is 2.12. The third-order valence-electron chi connectivity index (χ3n) is 3.08. The molecule has 0 aliphatic heterocycles. The second kappa shape index (κ2) is 5.17.